The molecule has 1 aliphatic carbocycles. The van der Waals surface area contributed by atoms with Crippen molar-refractivity contribution in [2.45, 2.75) is 25.7 Å². The molecule has 1 fully saturated rings. The van der Waals surface area contributed by atoms with E-state index in [0.717, 1.165) is 30.7 Å². The maximum Gasteiger partial charge on any atom is 0.306 e. The molecule has 1 saturated carbocycles. The van der Waals surface area contributed by atoms with Gasteiger partial charge < -0.3 is 9.84 Å². The van der Waals surface area contributed by atoms with Gasteiger partial charge in [-0.05, 0) is 43.4 Å². The van der Waals surface area contributed by atoms with Gasteiger partial charge in [0.2, 0.25) is 0 Å². The lowest BCUT2D eigenvalue weighted by molar-refractivity contribution is -0.143. The van der Waals surface area contributed by atoms with Gasteiger partial charge in [-0.2, -0.15) is 5.10 Å². The van der Waals surface area contributed by atoms with Crippen LogP contribution < -0.4 is 4.74 Å². The quantitative estimate of drug-likeness (QED) is 0.886. The molecule has 2 heterocycles. The number of nitrogens with zero attached hydrogens (tertiary/aromatic N) is 2. The van der Waals surface area contributed by atoms with Gasteiger partial charge in [0.15, 0.2) is 0 Å². The van der Waals surface area contributed by atoms with Gasteiger partial charge in [-0.15, -0.1) is 0 Å². The first-order chi connectivity index (χ1) is 10.7. The molecule has 2 atom stereocenters. The molecule has 2 N–H and O–H groups in total. The third kappa shape index (κ3) is 3.44. The fraction of sp³-hybridized carbons (Fsp3) is 0.438. The molecule has 0 saturated heterocycles. The van der Waals surface area contributed by atoms with Crippen LogP contribution >= 0.6 is 0 Å². The minimum absolute atomic E-state index is 0.219. The van der Waals surface area contributed by atoms with E-state index < -0.39 is 5.97 Å². The molecule has 116 valence electrons. The van der Waals surface area contributed by atoms with Crippen molar-refractivity contribution in [1.29, 1.82) is 0 Å². The van der Waals surface area contributed by atoms with Gasteiger partial charge in [0.1, 0.15) is 5.75 Å². The van der Waals surface area contributed by atoms with Crippen molar-refractivity contribution in [3.63, 3.8) is 0 Å². The largest absolute Gasteiger partial charge is 0.492 e. The van der Waals surface area contributed by atoms with E-state index in [1.807, 2.05) is 18.2 Å². The second kappa shape index (κ2) is 6.60. The van der Waals surface area contributed by atoms with Crippen LogP contribution in [0.15, 0.2) is 30.6 Å². The number of carboxylic acids is 1. The highest BCUT2D eigenvalue weighted by Gasteiger charge is 2.27. The summed E-state index contributed by atoms with van der Waals surface area (Å²) in [4.78, 5) is 15.4. The van der Waals surface area contributed by atoms with Crippen molar-refractivity contribution in [3.05, 3.63) is 30.6 Å². The first-order valence-electron chi connectivity index (χ1n) is 7.54. The van der Waals surface area contributed by atoms with Gasteiger partial charge >= 0.3 is 5.97 Å². The Kier molecular flexibility index (Phi) is 4.37. The molecule has 0 aromatic carbocycles. The van der Waals surface area contributed by atoms with Crippen LogP contribution in [-0.2, 0) is 4.79 Å². The Labute approximate surface area is 128 Å². The van der Waals surface area contributed by atoms with E-state index in [4.69, 9.17) is 9.84 Å². The molecule has 0 bridgehead atoms. The molecule has 22 heavy (non-hydrogen) atoms. The van der Waals surface area contributed by atoms with Gasteiger partial charge in [0.25, 0.3) is 0 Å². The predicted octanol–water partition coefficient (Wildman–Crippen LogP) is 2.74. The lowest BCUT2D eigenvalue weighted by atomic mass is 9.82. The Bertz CT molecular complexity index is 610. The van der Waals surface area contributed by atoms with Crippen molar-refractivity contribution in [2.24, 2.45) is 11.8 Å². The highest BCUT2D eigenvalue weighted by molar-refractivity contribution is 5.70. The van der Waals surface area contributed by atoms with E-state index in [-0.39, 0.29) is 5.92 Å². The number of H-pyrrole nitrogens is 1. The highest BCUT2D eigenvalue weighted by Crippen LogP contribution is 2.29. The zero-order chi connectivity index (χ0) is 15.4. The summed E-state index contributed by atoms with van der Waals surface area (Å²) in [5.74, 6) is 0.112. The zero-order valence-electron chi connectivity index (χ0n) is 12.2. The number of rotatable bonds is 5. The summed E-state index contributed by atoms with van der Waals surface area (Å²) in [6, 6.07) is 5.61. The number of hydrogen-bond acceptors (Lipinski definition) is 4. The number of aliphatic carboxylic acids is 1. The second-order valence-corrected chi connectivity index (χ2v) is 5.73. The third-order valence-electron chi connectivity index (χ3n) is 4.13. The van der Waals surface area contributed by atoms with E-state index in [1.165, 1.54) is 0 Å². The van der Waals surface area contributed by atoms with Crippen molar-refractivity contribution in [3.8, 4) is 17.1 Å². The Morgan fingerprint density at radius 2 is 2.27 bits per heavy atom. The van der Waals surface area contributed by atoms with Crippen molar-refractivity contribution in [2.75, 3.05) is 6.61 Å². The lowest BCUT2D eigenvalue weighted by Crippen LogP contribution is -2.26. The third-order valence-corrected chi connectivity index (χ3v) is 4.13. The van der Waals surface area contributed by atoms with E-state index in [1.54, 1.807) is 12.4 Å². The first kappa shape index (κ1) is 14.6. The second-order valence-electron chi connectivity index (χ2n) is 5.73. The van der Waals surface area contributed by atoms with Gasteiger partial charge in [-0.3, -0.25) is 14.9 Å². The van der Waals surface area contributed by atoms with Gasteiger partial charge in [0, 0.05) is 6.20 Å². The number of nitrogens with one attached hydrogen (secondary N) is 1. The summed E-state index contributed by atoms with van der Waals surface area (Å²) < 4.78 is 5.76. The topological polar surface area (TPSA) is 88.1 Å². The van der Waals surface area contributed by atoms with Crippen LogP contribution in [0.4, 0.5) is 0 Å². The predicted molar refractivity (Wildman–Crippen MR) is 80.4 cm³/mol. The molecule has 0 radical (unpaired) electrons. The van der Waals surface area contributed by atoms with Crippen molar-refractivity contribution in [1.82, 2.24) is 15.2 Å². The monoisotopic (exact) mass is 301 g/mol. The summed E-state index contributed by atoms with van der Waals surface area (Å²) in [6.45, 7) is 0.550. The fourth-order valence-corrected chi connectivity index (χ4v) is 2.90. The standard InChI is InChI=1S/C16H19N3O3/c20-16(21)12-3-1-2-11(8-12)10-22-13-4-5-14(17-9-13)15-6-7-18-19-15/h4-7,9,11-12H,1-3,8,10H2,(H,18,19)(H,20,21). The molecule has 0 amide bonds. The Hall–Kier alpha value is -2.37. The first-order valence-corrected chi connectivity index (χ1v) is 7.54. The molecule has 2 aromatic heterocycles. The molecule has 1 aliphatic rings. The molecule has 0 spiro atoms. The number of carbonyl (C=O) groups is 1. The normalized spacial score (nSPS) is 21.5. The fourth-order valence-electron chi connectivity index (χ4n) is 2.90. The van der Waals surface area contributed by atoms with Crippen LogP contribution in [0.2, 0.25) is 0 Å². The Balaban J connectivity index is 1.54. The minimum Gasteiger partial charge on any atom is -0.492 e. The number of ether oxygens (including phenoxy) is 1. The maximum atomic E-state index is 11.1. The average Bonchev–Trinajstić information content (AvgIpc) is 3.08. The molecular formula is C16H19N3O3. The molecule has 3 rings (SSSR count). The minimum atomic E-state index is -0.685. The van der Waals surface area contributed by atoms with Crippen LogP contribution in [0.1, 0.15) is 25.7 Å². The molecule has 2 aromatic rings. The van der Waals surface area contributed by atoms with E-state index in [9.17, 15) is 4.79 Å². The lowest BCUT2D eigenvalue weighted by Gasteiger charge is -2.26. The van der Waals surface area contributed by atoms with E-state index in [0.29, 0.717) is 24.7 Å². The highest BCUT2D eigenvalue weighted by atomic mass is 16.5. The smallest absolute Gasteiger partial charge is 0.306 e. The van der Waals surface area contributed by atoms with Crippen LogP contribution in [0, 0.1) is 11.8 Å². The van der Waals surface area contributed by atoms with Crippen LogP contribution in [0.25, 0.3) is 11.4 Å². The summed E-state index contributed by atoms with van der Waals surface area (Å²) >= 11 is 0. The number of carboxylic acid groups (broad SMARTS) is 1. The Morgan fingerprint density at radius 1 is 1.36 bits per heavy atom. The van der Waals surface area contributed by atoms with Crippen LogP contribution in [0.5, 0.6) is 5.75 Å². The zero-order valence-corrected chi connectivity index (χ0v) is 12.2. The van der Waals surface area contributed by atoms with E-state index >= 15 is 0 Å². The summed E-state index contributed by atoms with van der Waals surface area (Å²) in [6.07, 6.45) is 6.85. The van der Waals surface area contributed by atoms with Gasteiger partial charge in [-0.25, -0.2) is 0 Å². The van der Waals surface area contributed by atoms with Crippen LogP contribution in [0.3, 0.4) is 0 Å². The molecule has 2 unspecified atom stereocenters. The molecular weight excluding hydrogens is 282 g/mol. The van der Waals surface area contributed by atoms with Gasteiger partial charge in [-0.1, -0.05) is 6.42 Å². The van der Waals surface area contributed by atoms with E-state index in [2.05, 4.69) is 15.2 Å². The van der Waals surface area contributed by atoms with Crippen molar-refractivity contribution < 1.29 is 14.6 Å². The van der Waals surface area contributed by atoms with Gasteiger partial charge in [0.05, 0.1) is 30.1 Å². The molecule has 6 heteroatoms. The summed E-state index contributed by atoms with van der Waals surface area (Å²) in [5, 5.41) is 15.9. The number of hydrogen-bond donors (Lipinski definition) is 2. The molecule has 0 aliphatic heterocycles. The molecule has 6 nitrogen and oxygen atoms in total. The number of aromatic amines is 1. The SMILES string of the molecule is O=C(O)C1CCCC(COc2ccc(-c3ccn[nH]3)nc2)C1. The maximum absolute atomic E-state index is 11.1. The van der Waals surface area contributed by atoms with Crippen molar-refractivity contribution >= 4 is 5.97 Å². The summed E-state index contributed by atoms with van der Waals surface area (Å²) in [7, 11) is 0. The number of aromatic nitrogens is 3. The van der Waals surface area contributed by atoms with Crippen LogP contribution in [-0.4, -0.2) is 32.9 Å². The Morgan fingerprint density at radius 3 is 2.95 bits per heavy atom. The average molecular weight is 301 g/mol. The summed E-state index contributed by atoms with van der Waals surface area (Å²) in [5.41, 5.74) is 1.68. The number of pyridine rings is 1.